The van der Waals surface area contributed by atoms with E-state index in [1.807, 2.05) is 0 Å². The first-order chi connectivity index (χ1) is 6.96. The number of allylic oxidation sites excluding steroid dienone is 1. The summed E-state index contributed by atoms with van der Waals surface area (Å²) in [5.41, 5.74) is 0. The second-order valence-corrected chi connectivity index (χ2v) is 2.71. The summed E-state index contributed by atoms with van der Waals surface area (Å²) >= 11 is 0. The van der Waals surface area contributed by atoms with Gasteiger partial charge in [0, 0.05) is 0 Å². The van der Waals surface area contributed by atoms with Crippen molar-refractivity contribution in [1.29, 1.82) is 0 Å². The van der Waals surface area contributed by atoms with E-state index in [2.05, 4.69) is 0 Å². The number of alkyl halides is 6. The van der Waals surface area contributed by atoms with Gasteiger partial charge in [-0.15, -0.1) is 0 Å². The van der Waals surface area contributed by atoms with Crippen LogP contribution in [0.5, 0.6) is 0 Å². The maximum atomic E-state index is 12.1. The van der Waals surface area contributed by atoms with Crippen LogP contribution in [0.2, 0.25) is 0 Å². The standard InChI is InChI=1S/C7H5F7O2/c8-3(5(15)16)1-2-4(6(9,10)11)7(12,13)14/h1,4H,2H2,(H,15,16)/p-1. The molecule has 16 heavy (non-hydrogen) atoms. The third-order valence-electron chi connectivity index (χ3n) is 1.52. The van der Waals surface area contributed by atoms with Crippen molar-refractivity contribution in [2.24, 2.45) is 5.92 Å². The molecular weight excluding hydrogens is 249 g/mol. The van der Waals surface area contributed by atoms with Crippen LogP contribution in [0.25, 0.3) is 0 Å². The molecule has 0 fully saturated rings. The molecule has 0 aromatic carbocycles. The fourth-order valence-corrected chi connectivity index (χ4v) is 0.757. The van der Waals surface area contributed by atoms with Crippen LogP contribution in [0, 0.1) is 5.92 Å². The average Bonchev–Trinajstić information content (AvgIpc) is 1.98. The Labute approximate surface area is 84.4 Å². The van der Waals surface area contributed by atoms with Gasteiger partial charge in [0.15, 0.2) is 5.92 Å². The van der Waals surface area contributed by atoms with Gasteiger partial charge in [-0.3, -0.25) is 0 Å². The van der Waals surface area contributed by atoms with Gasteiger partial charge in [-0.05, 0) is 12.5 Å². The molecule has 2 nitrogen and oxygen atoms in total. The second-order valence-electron chi connectivity index (χ2n) is 2.71. The van der Waals surface area contributed by atoms with E-state index in [4.69, 9.17) is 0 Å². The lowest BCUT2D eigenvalue weighted by atomic mass is 10.0. The van der Waals surface area contributed by atoms with E-state index in [1.54, 1.807) is 0 Å². The minimum atomic E-state index is -5.62. The summed E-state index contributed by atoms with van der Waals surface area (Å²) in [7, 11) is 0. The lowest BCUT2D eigenvalue weighted by Gasteiger charge is -2.21. The van der Waals surface area contributed by atoms with Gasteiger partial charge in [0.2, 0.25) is 0 Å². The summed E-state index contributed by atoms with van der Waals surface area (Å²) < 4.78 is 83.1. The van der Waals surface area contributed by atoms with E-state index >= 15 is 0 Å². The van der Waals surface area contributed by atoms with E-state index in [0.29, 0.717) is 0 Å². The molecule has 0 unspecified atom stereocenters. The molecular formula is C7H4F7O2-. The molecule has 94 valence electrons. The van der Waals surface area contributed by atoms with E-state index in [1.165, 1.54) is 0 Å². The number of carboxylic acid groups (broad SMARTS) is 1. The normalized spacial score (nSPS) is 14.4. The van der Waals surface area contributed by atoms with Crippen LogP contribution in [0.3, 0.4) is 0 Å². The van der Waals surface area contributed by atoms with Crippen molar-refractivity contribution in [1.82, 2.24) is 0 Å². The summed E-state index contributed by atoms with van der Waals surface area (Å²) in [4.78, 5) is 9.69. The second kappa shape index (κ2) is 4.71. The van der Waals surface area contributed by atoms with Gasteiger partial charge in [-0.1, -0.05) is 0 Å². The number of halogens is 7. The molecule has 0 aliphatic carbocycles. The molecule has 0 radical (unpaired) electrons. The molecule has 0 heterocycles. The molecule has 0 atom stereocenters. The van der Waals surface area contributed by atoms with Crippen molar-refractivity contribution in [3.8, 4) is 0 Å². The zero-order valence-electron chi connectivity index (χ0n) is 7.32. The molecule has 9 heteroatoms. The first kappa shape index (κ1) is 14.7. The van der Waals surface area contributed by atoms with Crippen LogP contribution >= 0.6 is 0 Å². The van der Waals surface area contributed by atoms with Gasteiger partial charge in [0.25, 0.3) is 0 Å². The van der Waals surface area contributed by atoms with Gasteiger partial charge in [-0.2, -0.15) is 26.3 Å². The number of aliphatic carboxylic acids is 1. The molecule has 0 aliphatic heterocycles. The van der Waals surface area contributed by atoms with Gasteiger partial charge < -0.3 is 9.90 Å². The van der Waals surface area contributed by atoms with Crippen molar-refractivity contribution < 1.29 is 40.6 Å². The van der Waals surface area contributed by atoms with Crippen LogP contribution in [0.4, 0.5) is 30.7 Å². The molecule has 0 aromatic heterocycles. The zero-order chi connectivity index (χ0) is 13.1. The highest BCUT2D eigenvalue weighted by Gasteiger charge is 2.55. The molecule has 0 amide bonds. The predicted octanol–water partition coefficient (Wildman–Crippen LogP) is 1.72. The molecule has 0 saturated carbocycles. The van der Waals surface area contributed by atoms with Crippen molar-refractivity contribution in [3.05, 3.63) is 11.9 Å². The summed E-state index contributed by atoms with van der Waals surface area (Å²) in [5, 5.41) is 9.69. The average molecular weight is 253 g/mol. The Morgan fingerprint density at radius 1 is 1.12 bits per heavy atom. The van der Waals surface area contributed by atoms with Crippen molar-refractivity contribution in [2.45, 2.75) is 18.8 Å². The molecule has 0 rings (SSSR count). The van der Waals surface area contributed by atoms with Crippen LogP contribution in [0.1, 0.15) is 6.42 Å². The maximum Gasteiger partial charge on any atom is 0.400 e. The SMILES string of the molecule is O=C([O-])C(F)=CCC(C(F)(F)F)C(F)(F)F. The highest BCUT2D eigenvalue weighted by Crippen LogP contribution is 2.41. The number of carboxylic acids is 1. The first-order valence-electron chi connectivity index (χ1n) is 3.66. The zero-order valence-corrected chi connectivity index (χ0v) is 7.32. The number of rotatable bonds is 3. The quantitative estimate of drug-likeness (QED) is 0.567. The van der Waals surface area contributed by atoms with Gasteiger partial charge in [0.05, 0.1) is 5.97 Å². The van der Waals surface area contributed by atoms with Gasteiger partial charge >= 0.3 is 12.4 Å². The Morgan fingerprint density at radius 2 is 1.50 bits per heavy atom. The highest BCUT2D eigenvalue weighted by molar-refractivity contribution is 5.81. The molecule has 0 N–H and O–H groups in total. The largest absolute Gasteiger partial charge is 0.542 e. The lowest BCUT2D eigenvalue weighted by Crippen LogP contribution is -2.36. The predicted molar refractivity (Wildman–Crippen MR) is 34.4 cm³/mol. The van der Waals surface area contributed by atoms with E-state index in [0.717, 1.165) is 0 Å². The summed E-state index contributed by atoms with van der Waals surface area (Å²) in [5.74, 6) is -8.44. The van der Waals surface area contributed by atoms with Crippen molar-refractivity contribution in [2.75, 3.05) is 0 Å². The Kier molecular flexibility index (Phi) is 4.33. The smallest absolute Gasteiger partial charge is 0.400 e. The number of carbonyl (C=O) groups is 1. The summed E-state index contributed by atoms with van der Waals surface area (Å²) in [6.07, 6.45) is -13.4. The van der Waals surface area contributed by atoms with E-state index < -0.39 is 36.5 Å². The fraction of sp³-hybridized carbons (Fsp3) is 0.571. The van der Waals surface area contributed by atoms with Crippen LogP contribution < -0.4 is 5.11 Å². The summed E-state index contributed by atoms with van der Waals surface area (Å²) in [6, 6.07) is 0. The first-order valence-corrected chi connectivity index (χ1v) is 3.66. The Morgan fingerprint density at radius 3 is 1.75 bits per heavy atom. The van der Waals surface area contributed by atoms with Gasteiger partial charge in [0.1, 0.15) is 5.83 Å². The third kappa shape index (κ3) is 4.49. The number of hydrogen-bond donors (Lipinski definition) is 0. The van der Waals surface area contributed by atoms with Crippen LogP contribution in [-0.4, -0.2) is 18.3 Å². The van der Waals surface area contributed by atoms with Crippen molar-refractivity contribution >= 4 is 5.97 Å². The monoisotopic (exact) mass is 253 g/mol. The molecule has 0 aliphatic rings. The maximum absolute atomic E-state index is 12.1. The van der Waals surface area contributed by atoms with Crippen LogP contribution in [-0.2, 0) is 4.79 Å². The minimum absolute atomic E-state index is 0.318. The minimum Gasteiger partial charge on any atom is -0.542 e. The Bertz CT molecular complexity index is 274. The molecule has 0 spiro atoms. The molecule has 0 bridgehead atoms. The molecule has 0 saturated heterocycles. The lowest BCUT2D eigenvalue weighted by molar-refractivity contribution is -0.301. The Hall–Kier alpha value is -1.28. The number of hydrogen-bond acceptors (Lipinski definition) is 2. The Balaban J connectivity index is 4.86. The number of carbonyl (C=O) groups excluding carboxylic acids is 1. The highest BCUT2D eigenvalue weighted by atomic mass is 19.4. The van der Waals surface area contributed by atoms with E-state index in [-0.39, 0.29) is 6.08 Å². The fourth-order valence-electron chi connectivity index (χ4n) is 0.757. The molecule has 0 aromatic rings. The summed E-state index contributed by atoms with van der Waals surface area (Å²) in [6.45, 7) is 0. The topological polar surface area (TPSA) is 40.1 Å². The third-order valence-corrected chi connectivity index (χ3v) is 1.52. The van der Waals surface area contributed by atoms with Crippen LogP contribution in [0.15, 0.2) is 11.9 Å². The van der Waals surface area contributed by atoms with E-state index in [9.17, 15) is 40.6 Å². The van der Waals surface area contributed by atoms with Crippen molar-refractivity contribution in [3.63, 3.8) is 0 Å². The van der Waals surface area contributed by atoms with Gasteiger partial charge in [-0.25, -0.2) is 4.39 Å².